The molecule has 0 aromatic rings. The van der Waals surface area contributed by atoms with E-state index in [2.05, 4.69) is 6.08 Å². The van der Waals surface area contributed by atoms with Crippen LogP contribution in [0.2, 0.25) is 0 Å². The van der Waals surface area contributed by atoms with Gasteiger partial charge < -0.3 is 4.74 Å². The van der Waals surface area contributed by atoms with Gasteiger partial charge in [0.25, 0.3) is 0 Å². The zero-order valence-corrected chi connectivity index (χ0v) is 8.14. The van der Waals surface area contributed by atoms with Gasteiger partial charge in [-0.1, -0.05) is 25.7 Å². The molecule has 1 aliphatic rings. The van der Waals surface area contributed by atoms with Gasteiger partial charge in [0.2, 0.25) is 0 Å². The molecule has 1 nitrogen and oxygen atoms in total. The third-order valence-electron chi connectivity index (χ3n) is 2.51. The average molecular weight is 168 g/mol. The molecule has 12 heavy (non-hydrogen) atoms. The van der Waals surface area contributed by atoms with Crippen LogP contribution in [0.25, 0.3) is 0 Å². The molecule has 0 aliphatic heterocycles. The van der Waals surface area contributed by atoms with E-state index in [0.29, 0.717) is 0 Å². The molecule has 0 fully saturated rings. The Bertz CT molecular complexity index is 138. The summed E-state index contributed by atoms with van der Waals surface area (Å²) in [5.41, 5.74) is 0. The molecular weight excluding hydrogens is 148 g/mol. The summed E-state index contributed by atoms with van der Waals surface area (Å²) in [4.78, 5) is 0. The number of hydrogen-bond donors (Lipinski definition) is 0. The number of rotatable bonds is 1. The van der Waals surface area contributed by atoms with E-state index in [0.717, 1.165) is 6.42 Å². The van der Waals surface area contributed by atoms with Gasteiger partial charge in [-0.15, -0.1) is 0 Å². The van der Waals surface area contributed by atoms with E-state index in [4.69, 9.17) is 4.74 Å². The predicted molar refractivity (Wildman–Crippen MR) is 52.0 cm³/mol. The van der Waals surface area contributed by atoms with Gasteiger partial charge in [0.15, 0.2) is 0 Å². The van der Waals surface area contributed by atoms with E-state index >= 15 is 0 Å². The lowest BCUT2D eigenvalue weighted by Crippen LogP contribution is -1.90. The number of ether oxygens (including phenoxy) is 1. The van der Waals surface area contributed by atoms with Gasteiger partial charge in [-0.3, -0.25) is 0 Å². The lowest BCUT2D eigenvalue weighted by atomic mass is 10.0. The lowest BCUT2D eigenvalue weighted by molar-refractivity contribution is 0.271. The molecule has 0 saturated heterocycles. The molecule has 0 aromatic carbocycles. The maximum absolute atomic E-state index is 5.28. The van der Waals surface area contributed by atoms with Gasteiger partial charge >= 0.3 is 0 Å². The Morgan fingerprint density at radius 1 is 1.00 bits per heavy atom. The van der Waals surface area contributed by atoms with Crippen LogP contribution in [0.15, 0.2) is 11.8 Å². The van der Waals surface area contributed by atoms with E-state index in [9.17, 15) is 0 Å². The van der Waals surface area contributed by atoms with Crippen molar-refractivity contribution >= 4 is 0 Å². The predicted octanol–water partition coefficient (Wildman–Crippen LogP) is 3.65. The van der Waals surface area contributed by atoms with Crippen LogP contribution < -0.4 is 0 Å². The molecule has 0 bridgehead atoms. The largest absolute Gasteiger partial charge is 0.501 e. The van der Waals surface area contributed by atoms with Crippen LogP contribution in [0.4, 0.5) is 0 Å². The van der Waals surface area contributed by atoms with Gasteiger partial charge in [-0.25, -0.2) is 0 Å². The molecule has 1 rings (SSSR count). The van der Waals surface area contributed by atoms with Crippen LogP contribution in [0.5, 0.6) is 0 Å². The first kappa shape index (κ1) is 9.63. The van der Waals surface area contributed by atoms with Crippen molar-refractivity contribution in [2.45, 2.75) is 51.4 Å². The highest BCUT2D eigenvalue weighted by molar-refractivity contribution is 4.92. The maximum Gasteiger partial charge on any atom is 0.0915 e. The van der Waals surface area contributed by atoms with Crippen LogP contribution in [-0.4, -0.2) is 7.11 Å². The summed E-state index contributed by atoms with van der Waals surface area (Å²) in [7, 11) is 1.79. The molecular formula is C11H20O. The first-order valence-corrected chi connectivity index (χ1v) is 5.16. The fourth-order valence-electron chi connectivity index (χ4n) is 1.70. The van der Waals surface area contributed by atoms with Crippen molar-refractivity contribution in [2.75, 3.05) is 7.11 Å². The zero-order valence-electron chi connectivity index (χ0n) is 8.14. The molecule has 70 valence electrons. The molecule has 0 spiro atoms. The summed E-state index contributed by atoms with van der Waals surface area (Å²) in [6.45, 7) is 0. The van der Waals surface area contributed by atoms with Crippen LogP contribution in [0, 0.1) is 0 Å². The monoisotopic (exact) mass is 168 g/mol. The number of hydrogen-bond acceptors (Lipinski definition) is 1. The Balaban J connectivity index is 2.32. The fraction of sp³-hybridized carbons (Fsp3) is 0.818. The summed E-state index contributed by atoms with van der Waals surface area (Å²) in [5, 5.41) is 0. The van der Waals surface area contributed by atoms with Gasteiger partial charge in [0.1, 0.15) is 0 Å². The minimum absolute atomic E-state index is 1.15. The molecule has 0 heterocycles. The van der Waals surface area contributed by atoms with Crippen molar-refractivity contribution in [2.24, 2.45) is 0 Å². The van der Waals surface area contributed by atoms with Gasteiger partial charge in [0, 0.05) is 6.42 Å². The van der Waals surface area contributed by atoms with E-state index < -0.39 is 0 Å². The summed E-state index contributed by atoms with van der Waals surface area (Å²) < 4.78 is 5.28. The molecule has 1 aliphatic carbocycles. The van der Waals surface area contributed by atoms with Crippen molar-refractivity contribution in [3.05, 3.63) is 11.8 Å². The van der Waals surface area contributed by atoms with E-state index in [1.807, 2.05) is 0 Å². The smallest absolute Gasteiger partial charge is 0.0915 e. The third kappa shape index (κ3) is 3.80. The Hall–Kier alpha value is -0.460. The second kappa shape index (κ2) is 6.10. The topological polar surface area (TPSA) is 9.23 Å². The fourth-order valence-corrected chi connectivity index (χ4v) is 1.70. The normalized spacial score (nSPS) is 21.2. The molecule has 0 saturated carbocycles. The minimum Gasteiger partial charge on any atom is -0.501 e. The quantitative estimate of drug-likeness (QED) is 0.580. The lowest BCUT2D eigenvalue weighted by Gasteiger charge is -2.08. The highest BCUT2D eigenvalue weighted by atomic mass is 16.5. The maximum atomic E-state index is 5.28. The van der Waals surface area contributed by atoms with E-state index in [-0.39, 0.29) is 0 Å². The SMILES string of the molecule is COC1=CCCCCCCCC1. The standard InChI is InChI=1S/C11H20O/c1-12-11-9-7-5-3-2-4-6-8-10-11/h9H,2-8,10H2,1H3. The second-order valence-electron chi connectivity index (χ2n) is 3.53. The Morgan fingerprint density at radius 3 is 2.42 bits per heavy atom. The molecule has 0 unspecified atom stereocenters. The molecule has 0 atom stereocenters. The van der Waals surface area contributed by atoms with Crippen molar-refractivity contribution in [3.8, 4) is 0 Å². The van der Waals surface area contributed by atoms with Crippen molar-refractivity contribution in [3.63, 3.8) is 0 Å². The van der Waals surface area contributed by atoms with Crippen molar-refractivity contribution in [1.29, 1.82) is 0 Å². The van der Waals surface area contributed by atoms with Gasteiger partial charge in [-0.2, -0.15) is 0 Å². The number of allylic oxidation sites excluding steroid dienone is 2. The van der Waals surface area contributed by atoms with Crippen LogP contribution in [0.1, 0.15) is 51.4 Å². The first-order valence-electron chi connectivity index (χ1n) is 5.16. The second-order valence-corrected chi connectivity index (χ2v) is 3.53. The van der Waals surface area contributed by atoms with Crippen LogP contribution in [0.3, 0.4) is 0 Å². The zero-order chi connectivity index (χ0) is 8.65. The molecule has 0 aromatic heterocycles. The van der Waals surface area contributed by atoms with Crippen LogP contribution >= 0.6 is 0 Å². The summed E-state index contributed by atoms with van der Waals surface area (Å²) in [6, 6.07) is 0. The molecule has 0 radical (unpaired) electrons. The number of methoxy groups -OCH3 is 1. The highest BCUT2D eigenvalue weighted by Gasteiger charge is 1.99. The van der Waals surface area contributed by atoms with E-state index in [1.165, 1.54) is 50.7 Å². The third-order valence-corrected chi connectivity index (χ3v) is 2.51. The van der Waals surface area contributed by atoms with Crippen molar-refractivity contribution in [1.82, 2.24) is 0 Å². The molecule has 1 heteroatoms. The van der Waals surface area contributed by atoms with Crippen LogP contribution in [-0.2, 0) is 4.74 Å². The van der Waals surface area contributed by atoms with Gasteiger partial charge in [0.05, 0.1) is 12.9 Å². The first-order chi connectivity index (χ1) is 5.93. The molecule has 0 N–H and O–H groups in total. The summed E-state index contributed by atoms with van der Waals surface area (Å²) in [5.74, 6) is 1.21. The Labute approximate surface area is 75.8 Å². The summed E-state index contributed by atoms with van der Waals surface area (Å²) in [6.07, 6.45) is 12.9. The van der Waals surface area contributed by atoms with E-state index in [1.54, 1.807) is 7.11 Å². The van der Waals surface area contributed by atoms with Crippen molar-refractivity contribution < 1.29 is 4.74 Å². The Morgan fingerprint density at radius 2 is 1.67 bits per heavy atom. The molecule has 0 amide bonds. The van der Waals surface area contributed by atoms with Gasteiger partial charge in [-0.05, 0) is 25.3 Å². The highest BCUT2D eigenvalue weighted by Crippen LogP contribution is 2.16. The Kier molecular flexibility index (Phi) is 4.89. The summed E-state index contributed by atoms with van der Waals surface area (Å²) >= 11 is 0. The minimum atomic E-state index is 1.15. The average Bonchev–Trinajstić information content (AvgIpc) is 2.14.